The van der Waals surface area contributed by atoms with Gasteiger partial charge in [-0.3, -0.25) is 4.79 Å². The van der Waals surface area contributed by atoms with Crippen molar-refractivity contribution in [2.24, 2.45) is 11.8 Å². The van der Waals surface area contributed by atoms with Crippen LogP contribution in [0.3, 0.4) is 0 Å². The molecule has 0 radical (unpaired) electrons. The third kappa shape index (κ3) is 4.25. The van der Waals surface area contributed by atoms with Crippen LogP contribution in [0, 0.1) is 11.8 Å². The third-order valence-corrected chi connectivity index (χ3v) is 6.92. The standard InChI is InChI=1S/C24H30N6O3/c1-29-8-7-15-10-21(32-2)20(9-17(15)13-29)27-24-25-11-18-12-26-30(22(18)28-24)14-16-5-4-6-19(16)23(31)33-3/h9-12,16,19H,4-8,13-14H2,1-3H3,(H,25,27,28). The Kier molecular flexibility index (Phi) is 5.88. The normalized spacial score (nSPS) is 20.6. The molecule has 0 amide bonds. The second-order valence-electron chi connectivity index (χ2n) is 9.05. The van der Waals surface area contributed by atoms with Crippen molar-refractivity contribution in [3.8, 4) is 5.75 Å². The highest BCUT2D eigenvalue weighted by atomic mass is 16.5. The second kappa shape index (κ2) is 8.97. The van der Waals surface area contributed by atoms with Crippen molar-refractivity contribution in [3.63, 3.8) is 0 Å². The van der Waals surface area contributed by atoms with Gasteiger partial charge in [0, 0.05) is 25.8 Å². The molecule has 0 bridgehead atoms. The van der Waals surface area contributed by atoms with E-state index < -0.39 is 0 Å². The van der Waals surface area contributed by atoms with Gasteiger partial charge in [-0.2, -0.15) is 10.1 Å². The Morgan fingerprint density at radius 1 is 1.21 bits per heavy atom. The van der Waals surface area contributed by atoms with Crippen molar-refractivity contribution in [1.82, 2.24) is 24.6 Å². The zero-order valence-corrected chi connectivity index (χ0v) is 19.4. The first kappa shape index (κ1) is 21.6. The quantitative estimate of drug-likeness (QED) is 0.573. The van der Waals surface area contributed by atoms with E-state index in [9.17, 15) is 4.79 Å². The number of aromatic nitrogens is 4. The summed E-state index contributed by atoms with van der Waals surface area (Å²) in [6, 6.07) is 4.24. The highest BCUT2D eigenvalue weighted by molar-refractivity contribution is 5.76. The lowest BCUT2D eigenvalue weighted by Gasteiger charge is -2.26. The summed E-state index contributed by atoms with van der Waals surface area (Å²) in [7, 11) is 5.27. The summed E-state index contributed by atoms with van der Waals surface area (Å²) in [5, 5.41) is 8.74. The smallest absolute Gasteiger partial charge is 0.309 e. The maximum absolute atomic E-state index is 12.2. The molecule has 5 rings (SSSR count). The van der Waals surface area contributed by atoms with Crippen LogP contribution in [0.4, 0.5) is 11.6 Å². The predicted octanol–water partition coefficient (Wildman–Crippen LogP) is 3.16. The van der Waals surface area contributed by atoms with Crippen molar-refractivity contribution in [2.75, 3.05) is 33.1 Å². The van der Waals surface area contributed by atoms with Crippen LogP contribution in [-0.4, -0.2) is 58.4 Å². The van der Waals surface area contributed by atoms with E-state index in [2.05, 4.69) is 39.5 Å². The second-order valence-corrected chi connectivity index (χ2v) is 9.05. The molecule has 2 unspecified atom stereocenters. The van der Waals surface area contributed by atoms with Crippen LogP contribution >= 0.6 is 0 Å². The van der Waals surface area contributed by atoms with Gasteiger partial charge in [0.05, 0.1) is 37.4 Å². The Morgan fingerprint density at radius 2 is 2.09 bits per heavy atom. The summed E-state index contributed by atoms with van der Waals surface area (Å²) in [6.45, 7) is 2.59. The zero-order chi connectivity index (χ0) is 22.9. The molecule has 3 aromatic rings. The number of esters is 1. The average molecular weight is 451 g/mol. The van der Waals surface area contributed by atoms with Gasteiger partial charge in [0.2, 0.25) is 5.95 Å². The number of rotatable bonds is 6. The van der Waals surface area contributed by atoms with Gasteiger partial charge < -0.3 is 19.7 Å². The van der Waals surface area contributed by atoms with E-state index in [4.69, 9.17) is 14.5 Å². The maximum atomic E-state index is 12.2. The van der Waals surface area contributed by atoms with Crippen molar-refractivity contribution in [3.05, 3.63) is 35.7 Å². The highest BCUT2D eigenvalue weighted by Crippen LogP contribution is 2.35. The van der Waals surface area contributed by atoms with Crippen LogP contribution in [0.1, 0.15) is 30.4 Å². The molecule has 1 aliphatic carbocycles. The Labute approximate surface area is 193 Å². The molecule has 1 saturated carbocycles. The summed E-state index contributed by atoms with van der Waals surface area (Å²) in [5.41, 5.74) is 4.20. The number of benzene rings is 1. The SMILES string of the molecule is COC(=O)C1CCCC1Cn1ncc2cnc(Nc3cc4c(cc3OC)CCN(C)C4)nc21. The van der Waals surface area contributed by atoms with Crippen molar-refractivity contribution < 1.29 is 14.3 Å². The molecular formula is C24H30N6O3. The fourth-order valence-electron chi connectivity index (χ4n) is 5.11. The average Bonchev–Trinajstić information content (AvgIpc) is 3.45. The van der Waals surface area contributed by atoms with Crippen LogP contribution in [0.15, 0.2) is 24.5 Å². The molecule has 33 heavy (non-hydrogen) atoms. The van der Waals surface area contributed by atoms with Crippen LogP contribution in [-0.2, 0) is 29.0 Å². The number of nitrogens with one attached hydrogen (secondary N) is 1. The highest BCUT2D eigenvalue weighted by Gasteiger charge is 2.34. The van der Waals surface area contributed by atoms with Gasteiger partial charge in [-0.25, -0.2) is 9.67 Å². The van der Waals surface area contributed by atoms with Crippen LogP contribution < -0.4 is 10.1 Å². The molecule has 1 fully saturated rings. The number of methoxy groups -OCH3 is 2. The van der Waals surface area contributed by atoms with Gasteiger partial charge in [0.25, 0.3) is 0 Å². The molecular weight excluding hydrogens is 420 g/mol. The summed E-state index contributed by atoms with van der Waals surface area (Å²) >= 11 is 0. The maximum Gasteiger partial charge on any atom is 0.309 e. The molecule has 9 nitrogen and oxygen atoms in total. The minimum absolute atomic E-state index is 0.0772. The van der Waals surface area contributed by atoms with E-state index in [1.165, 1.54) is 18.2 Å². The third-order valence-electron chi connectivity index (χ3n) is 6.92. The Balaban J connectivity index is 1.41. The van der Waals surface area contributed by atoms with Crippen LogP contribution in [0.5, 0.6) is 5.75 Å². The van der Waals surface area contributed by atoms with E-state index >= 15 is 0 Å². The molecule has 9 heteroatoms. The predicted molar refractivity (Wildman–Crippen MR) is 124 cm³/mol. The number of hydrogen-bond acceptors (Lipinski definition) is 8. The number of fused-ring (bicyclic) bond motifs is 2. The van der Waals surface area contributed by atoms with Crippen LogP contribution in [0.25, 0.3) is 11.0 Å². The molecule has 0 saturated heterocycles. The molecule has 0 spiro atoms. The van der Waals surface area contributed by atoms with Crippen molar-refractivity contribution >= 4 is 28.6 Å². The number of carbonyl (C=O) groups excluding carboxylic acids is 1. The Hall–Kier alpha value is -3.20. The van der Waals surface area contributed by atoms with E-state index in [0.29, 0.717) is 12.5 Å². The molecule has 2 aromatic heterocycles. The van der Waals surface area contributed by atoms with Gasteiger partial charge in [-0.1, -0.05) is 6.42 Å². The van der Waals surface area contributed by atoms with E-state index in [1.54, 1.807) is 19.5 Å². The molecule has 2 atom stereocenters. The lowest BCUT2D eigenvalue weighted by molar-refractivity contribution is -0.146. The number of carbonyl (C=O) groups is 1. The zero-order valence-electron chi connectivity index (χ0n) is 19.4. The summed E-state index contributed by atoms with van der Waals surface area (Å²) in [4.78, 5) is 23.7. The molecule has 1 N–H and O–H groups in total. The van der Waals surface area contributed by atoms with E-state index in [-0.39, 0.29) is 17.8 Å². The molecule has 1 aliphatic heterocycles. The summed E-state index contributed by atoms with van der Waals surface area (Å²) in [6.07, 6.45) is 7.44. The number of anilines is 2. The lowest BCUT2D eigenvalue weighted by atomic mass is 9.96. The number of likely N-dealkylation sites (N-methyl/N-ethyl adjacent to an activating group) is 1. The van der Waals surface area contributed by atoms with Gasteiger partial charge in [-0.15, -0.1) is 0 Å². The minimum atomic E-state index is -0.129. The Bertz CT molecular complexity index is 1180. The minimum Gasteiger partial charge on any atom is -0.495 e. The number of hydrogen-bond donors (Lipinski definition) is 1. The summed E-state index contributed by atoms with van der Waals surface area (Å²) < 4.78 is 12.5. The number of ether oxygens (including phenoxy) is 2. The Morgan fingerprint density at radius 3 is 2.91 bits per heavy atom. The van der Waals surface area contributed by atoms with E-state index in [1.807, 2.05) is 4.68 Å². The van der Waals surface area contributed by atoms with Crippen molar-refractivity contribution in [2.45, 2.75) is 38.8 Å². The fraction of sp³-hybridized carbons (Fsp3) is 0.500. The molecule has 2 aliphatic rings. The van der Waals surface area contributed by atoms with Gasteiger partial charge in [-0.05, 0) is 55.5 Å². The van der Waals surface area contributed by atoms with Gasteiger partial charge in [0.15, 0.2) is 5.65 Å². The van der Waals surface area contributed by atoms with E-state index in [0.717, 1.165) is 61.2 Å². The molecule has 174 valence electrons. The number of nitrogens with zero attached hydrogens (tertiary/aromatic N) is 5. The first-order valence-corrected chi connectivity index (χ1v) is 11.5. The van der Waals surface area contributed by atoms with Gasteiger partial charge >= 0.3 is 5.97 Å². The van der Waals surface area contributed by atoms with Gasteiger partial charge in [0.1, 0.15) is 5.75 Å². The topological polar surface area (TPSA) is 94.4 Å². The fourth-order valence-corrected chi connectivity index (χ4v) is 5.11. The summed E-state index contributed by atoms with van der Waals surface area (Å²) in [5.74, 6) is 1.26. The molecule has 1 aromatic carbocycles. The first-order chi connectivity index (χ1) is 16.1. The lowest BCUT2D eigenvalue weighted by Crippen LogP contribution is -2.26. The van der Waals surface area contributed by atoms with Crippen molar-refractivity contribution in [1.29, 1.82) is 0 Å². The monoisotopic (exact) mass is 450 g/mol. The largest absolute Gasteiger partial charge is 0.495 e. The molecule has 3 heterocycles. The van der Waals surface area contributed by atoms with Crippen LogP contribution in [0.2, 0.25) is 0 Å². The first-order valence-electron chi connectivity index (χ1n) is 11.5.